The first-order chi connectivity index (χ1) is 26.6. The molecule has 0 bridgehead atoms. The maximum Gasteiger partial charge on any atom is 0.472 e. The zero-order valence-electron chi connectivity index (χ0n) is 36.9. The predicted octanol–water partition coefficient (Wildman–Crippen LogP) is 13.6. The average Bonchev–Trinajstić information content (AvgIpc) is 3.13. The van der Waals surface area contributed by atoms with Crippen molar-refractivity contribution in [3.8, 4) is 0 Å². The molecule has 55 heavy (non-hydrogen) atoms. The van der Waals surface area contributed by atoms with Gasteiger partial charge in [0, 0.05) is 13.0 Å². The molecule has 0 fully saturated rings. The van der Waals surface area contributed by atoms with Gasteiger partial charge in [0.2, 0.25) is 0 Å². The van der Waals surface area contributed by atoms with E-state index in [1.165, 1.54) is 141 Å². The smallest absolute Gasteiger partial charge is 0.457 e. The van der Waals surface area contributed by atoms with Crippen molar-refractivity contribution in [1.82, 2.24) is 0 Å². The molecule has 0 aromatic rings. The van der Waals surface area contributed by atoms with Crippen LogP contribution in [0.1, 0.15) is 206 Å². The van der Waals surface area contributed by atoms with Crippen LogP contribution in [0.25, 0.3) is 0 Å². The molecule has 0 aliphatic rings. The second-order valence-corrected chi connectivity index (χ2v) is 18.2. The van der Waals surface area contributed by atoms with Crippen molar-refractivity contribution in [1.29, 1.82) is 0 Å². The lowest BCUT2D eigenvalue weighted by Crippen LogP contribution is -2.37. The molecule has 0 amide bonds. The van der Waals surface area contributed by atoms with Crippen LogP contribution < -0.4 is 0 Å². The van der Waals surface area contributed by atoms with Gasteiger partial charge in [-0.05, 0) is 64.2 Å². The van der Waals surface area contributed by atoms with Crippen molar-refractivity contribution >= 4 is 13.8 Å². The highest BCUT2D eigenvalue weighted by Gasteiger charge is 2.26. The molecular weight excluding hydrogens is 709 g/mol. The number of phosphoric acid groups is 1. The van der Waals surface area contributed by atoms with Crippen LogP contribution in [-0.2, 0) is 27.9 Å². The molecule has 0 aliphatic carbocycles. The molecule has 326 valence electrons. The van der Waals surface area contributed by atoms with Crippen molar-refractivity contribution in [3.63, 3.8) is 0 Å². The van der Waals surface area contributed by atoms with Gasteiger partial charge in [-0.3, -0.25) is 13.8 Å². The van der Waals surface area contributed by atoms with Crippen molar-refractivity contribution in [3.05, 3.63) is 24.3 Å². The minimum Gasteiger partial charge on any atom is -0.457 e. The summed E-state index contributed by atoms with van der Waals surface area (Å²) in [6, 6.07) is 0. The van der Waals surface area contributed by atoms with Crippen molar-refractivity contribution in [2.24, 2.45) is 0 Å². The number of nitrogens with zero attached hydrogens (tertiary/aromatic N) is 1. The third-order valence-corrected chi connectivity index (χ3v) is 11.0. The molecule has 2 atom stereocenters. The van der Waals surface area contributed by atoms with Crippen molar-refractivity contribution < 1.29 is 37.3 Å². The fraction of sp³-hybridized carbons (Fsp3) is 0.891. The SMILES string of the molecule is CCCCCCCCC/C=C\CCCCCCCCOCC(COP(=O)(O)OCC[N+](C)(C)C)OC(=O)CCCCCCC/C=C\CCCCCCCCC. The topological polar surface area (TPSA) is 91.3 Å². The van der Waals surface area contributed by atoms with Crippen LogP contribution >= 0.6 is 7.82 Å². The fourth-order valence-electron chi connectivity index (χ4n) is 6.37. The maximum atomic E-state index is 12.7. The average molecular weight is 801 g/mol. The molecule has 0 aromatic heterocycles. The minimum absolute atomic E-state index is 0.0871. The van der Waals surface area contributed by atoms with Crippen LogP contribution in [0.4, 0.5) is 0 Å². The Hall–Kier alpha value is -1.02. The van der Waals surface area contributed by atoms with Gasteiger partial charge >= 0.3 is 13.8 Å². The molecule has 9 heteroatoms. The van der Waals surface area contributed by atoms with Gasteiger partial charge in [0.25, 0.3) is 0 Å². The van der Waals surface area contributed by atoms with E-state index in [0.29, 0.717) is 24.1 Å². The monoisotopic (exact) mass is 801 g/mol. The van der Waals surface area contributed by atoms with Gasteiger partial charge in [-0.1, -0.05) is 160 Å². The van der Waals surface area contributed by atoms with E-state index in [9.17, 15) is 14.3 Å². The second kappa shape index (κ2) is 39.8. The summed E-state index contributed by atoms with van der Waals surface area (Å²) in [5.41, 5.74) is 0. The van der Waals surface area contributed by atoms with Gasteiger partial charge in [-0.15, -0.1) is 0 Å². The van der Waals surface area contributed by atoms with Gasteiger partial charge < -0.3 is 18.9 Å². The predicted molar refractivity (Wildman–Crippen MR) is 233 cm³/mol. The molecule has 0 spiro atoms. The minimum atomic E-state index is -4.28. The summed E-state index contributed by atoms with van der Waals surface area (Å²) in [5, 5.41) is 0. The molecule has 0 aliphatic heterocycles. The van der Waals surface area contributed by atoms with Gasteiger partial charge in [0.15, 0.2) is 0 Å². The maximum absolute atomic E-state index is 12.7. The van der Waals surface area contributed by atoms with Crippen LogP contribution in [0.5, 0.6) is 0 Å². The molecule has 0 saturated carbocycles. The first-order valence-corrected chi connectivity index (χ1v) is 24.6. The number of rotatable bonds is 43. The van der Waals surface area contributed by atoms with Crippen LogP contribution in [0.2, 0.25) is 0 Å². The first-order valence-electron chi connectivity index (χ1n) is 23.1. The summed E-state index contributed by atoms with van der Waals surface area (Å²) >= 11 is 0. The number of phosphoric ester groups is 1. The van der Waals surface area contributed by atoms with E-state index in [2.05, 4.69) is 38.2 Å². The van der Waals surface area contributed by atoms with Crippen LogP contribution in [0.15, 0.2) is 24.3 Å². The number of ether oxygens (including phenoxy) is 2. The Balaban J connectivity index is 4.22. The number of carbonyl (C=O) groups is 1. The van der Waals surface area contributed by atoms with Crippen molar-refractivity contribution in [2.75, 3.05) is 54.1 Å². The van der Waals surface area contributed by atoms with Crippen LogP contribution in [-0.4, -0.2) is 75.6 Å². The number of likely N-dealkylation sites (N-methyl/N-ethyl adjacent to an activating group) is 1. The van der Waals surface area contributed by atoms with Crippen molar-refractivity contribution in [2.45, 2.75) is 213 Å². The number of hydrogen-bond acceptors (Lipinski definition) is 6. The van der Waals surface area contributed by atoms with Crippen LogP contribution in [0.3, 0.4) is 0 Å². The number of unbranched alkanes of at least 4 members (excludes halogenated alkanes) is 25. The third kappa shape index (κ3) is 43.9. The Bertz CT molecular complexity index is 936. The Morgan fingerprint density at radius 1 is 0.545 bits per heavy atom. The largest absolute Gasteiger partial charge is 0.472 e. The van der Waals surface area contributed by atoms with E-state index in [1.54, 1.807) is 0 Å². The highest BCUT2D eigenvalue weighted by Crippen LogP contribution is 2.43. The van der Waals surface area contributed by atoms with E-state index in [1.807, 2.05) is 21.1 Å². The zero-order chi connectivity index (χ0) is 40.6. The summed E-state index contributed by atoms with van der Waals surface area (Å²) in [5.74, 6) is -0.322. The summed E-state index contributed by atoms with van der Waals surface area (Å²) in [7, 11) is 1.66. The molecule has 0 heterocycles. The van der Waals surface area contributed by atoms with Crippen LogP contribution in [0, 0.1) is 0 Å². The summed E-state index contributed by atoms with van der Waals surface area (Å²) in [6.45, 7) is 5.62. The lowest BCUT2D eigenvalue weighted by molar-refractivity contribution is -0.870. The van der Waals surface area contributed by atoms with Gasteiger partial charge in [-0.2, -0.15) is 0 Å². The molecule has 0 saturated heterocycles. The molecule has 0 radical (unpaired) electrons. The zero-order valence-corrected chi connectivity index (χ0v) is 37.8. The highest BCUT2D eigenvalue weighted by molar-refractivity contribution is 7.47. The molecular formula is C46H91NO7P+. The number of allylic oxidation sites excluding steroid dienone is 4. The molecule has 2 unspecified atom stereocenters. The first kappa shape index (κ1) is 54.0. The molecule has 1 N–H and O–H groups in total. The second-order valence-electron chi connectivity index (χ2n) is 16.8. The third-order valence-electron chi connectivity index (χ3n) is 9.99. The van der Waals surface area contributed by atoms with Gasteiger partial charge in [0.05, 0.1) is 34.4 Å². The lowest BCUT2D eigenvalue weighted by atomic mass is 10.1. The van der Waals surface area contributed by atoms with Gasteiger partial charge in [-0.25, -0.2) is 4.57 Å². The Labute approximate surface area is 341 Å². The highest BCUT2D eigenvalue weighted by atomic mass is 31.2. The van der Waals surface area contributed by atoms with E-state index in [4.69, 9.17) is 18.5 Å². The number of esters is 1. The Kier molecular flexibility index (Phi) is 39.1. The quantitative estimate of drug-likeness (QED) is 0.0216. The van der Waals surface area contributed by atoms with E-state index in [0.717, 1.165) is 44.9 Å². The standard InChI is InChI=1S/C46H90NO7P/c1-6-8-10-12-14-16-18-20-22-24-26-28-30-32-34-36-38-41-51-43-45(44-53-55(49,50)52-42-40-47(3,4)5)54-46(48)39-37-35-33-31-29-27-25-23-21-19-17-15-13-11-9-7-2/h22-25,45H,6-21,26-44H2,1-5H3/p+1/b24-22-,25-23-. The Morgan fingerprint density at radius 2 is 0.945 bits per heavy atom. The molecule has 0 rings (SSSR count). The lowest BCUT2D eigenvalue weighted by Gasteiger charge is -2.24. The molecule has 0 aromatic carbocycles. The fourth-order valence-corrected chi connectivity index (χ4v) is 7.11. The van der Waals surface area contributed by atoms with E-state index < -0.39 is 13.9 Å². The molecule has 8 nitrogen and oxygen atoms in total. The number of carbonyl (C=O) groups excluding carboxylic acids is 1. The summed E-state index contributed by atoms with van der Waals surface area (Å²) < 4.78 is 35.0. The number of quaternary nitrogens is 1. The normalized spacial score (nSPS) is 13.9. The van der Waals surface area contributed by atoms with E-state index >= 15 is 0 Å². The summed E-state index contributed by atoms with van der Waals surface area (Å²) in [6.07, 6.45) is 44.9. The summed E-state index contributed by atoms with van der Waals surface area (Å²) in [4.78, 5) is 22.9. The number of hydrogen-bond donors (Lipinski definition) is 1. The van der Waals surface area contributed by atoms with Gasteiger partial charge in [0.1, 0.15) is 19.3 Å². The van der Waals surface area contributed by atoms with E-state index in [-0.39, 0.29) is 25.8 Å². The Morgan fingerprint density at radius 3 is 1.38 bits per heavy atom.